The molecule has 4 rings (SSSR count). The molecule has 2 bridgehead atoms. The molecule has 5 nitrogen and oxygen atoms in total. The fourth-order valence-corrected chi connectivity index (χ4v) is 6.01. The van der Waals surface area contributed by atoms with Crippen LogP contribution in [0.3, 0.4) is 0 Å². The second-order valence-corrected chi connectivity index (χ2v) is 9.31. The van der Waals surface area contributed by atoms with E-state index in [1.54, 1.807) is 0 Å². The molecule has 1 saturated heterocycles. The molecule has 1 aliphatic heterocycles. The van der Waals surface area contributed by atoms with Crippen molar-refractivity contribution in [3.63, 3.8) is 0 Å². The maximum absolute atomic E-state index is 12.8. The van der Waals surface area contributed by atoms with E-state index in [2.05, 4.69) is 5.32 Å². The van der Waals surface area contributed by atoms with E-state index in [0.29, 0.717) is 30.3 Å². The molecule has 146 valence electrons. The minimum Gasteiger partial charge on any atom is -0.351 e. The summed E-state index contributed by atoms with van der Waals surface area (Å²) in [5.41, 5.74) is 6.36. The molecule has 1 heterocycles. The molecule has 5 heteroatoms. The Morgan fingerprint density at radius 3 is 2.23 bits per heavy atom. The zero-order valence-electron chi connectivity index (χ0n) is 16.0. The molecule has 4 fully saturated rings. The highest BCUT2D eigenvalue weighted by Gasteiger charge is 2.41. The molecule has 3 saturated carbocycles. The number of nitrogens with two attached hydrogens (primary N) is 1. The van der Waals surface area contributed by atoms with E-state index in [1.807, 2.05) is 4.90 Å². The number of hydrogen-bond acceptors (Lipinski definition) is 3. The van der Waals surface area contributed by atoms with Gasteiger partial charge in [0.15, 0.2) is 0 Å². The summed E-state index contributed by atoms with van der Waals surface area (Å²) in [5, 5.41) is 3.27. The zero-order chi connectivity index (χ0) is 18.1. The average molecular weight is 362 g/mol. The normalized spacial score (nSPS) is 38.2. The van der Waals surface area contributed by atoms with Gasteiger partial charge in [0, 0.05) is 37.0 Å². The first-order valence-electron chi connectivity index (χ1n) is 11.0. The zero-order valence-corrected chi connectivity index (χ0v) is 16.0. The van der Waals surface area contributed by atoms with Gasteiger partial charge in [-0.05, 0) is 56.8 Å². The van der Waals surface area contributed by atoms with Crippen LogP contribution in [0.15, 0.2) is 0 Å². The van der Waals surface area contributed by atoms with E-state index in [-0.39, 0.29) is 23.8 Å². The summed E-state index contributed by atoms with van der Waals surface area (Å²) in [7, 11) is 0. The molecular weight excluding hydrogens is 326 g/mol. The molecule has 3 unspecified atom stereocenters. The maximum Gasteiger partial charge on any atom is 0.225 e. The lowest BCUT2D eigenvalue weighted by molar-refractivity contribution is -0.136. The molecule has 0 spiro atoms. The molecule has 26 heavy (non-hydrogen) atoms. The second-order valence-electron chi connectivity index (χ2n) is 9.31. The highest BCUT2D eigenvalue weighted by Crippen LogP contribution is 2.42. The van der Waals surface area contributed by atoms with Gasteiger partial charge < -0.3 is 16.0 Å². The number of likely N-dealkylation sites (tertiary alicyclic amines) is 1. The Morgan fingerprint density at radius 1 is 0.846 bits per heavy atom. The van der Waals surface area contributed by atoms with Crippen molar-refractivity contribution in [3.05, 3.63) is 0 Å². The van der Waals surface area contributed by atoms with Gasteiger partial charge in [0.1, 0.15) is 0 Å². The van der Waals surface area contributed by atoms with Crippen LogP contribution in [0, 0.1) is 23.7 Å². The molecule has 3 atom stereocenters. The fourth-order valence-electron chi connectivity index (χ4n) is 6.01. The van der Waals surface area contributed by atoms with E-state index in [0.717, 1.165) is 38.6 Å². The average Bonchev–Trinajstić information content (AvgIpc) is 3.10. The summed E-state index contributed by atoms with van der Waals surface area (Å²) in [6.45, 7) is 1.52. The third kappa shape index (κ3) is 3.78. The molecule has 0 radical (unpaired) electrons. The van der Waals surface area contributed by atoms with E-state index in [9.17, 15) is 9.59 Å². The summed E-state index contributed by atoms with van der Waals surface area (Å²) in [5.74, 6) is 1.98. The molecule has 0 aromatic carbocycles. The van der Waals surface area contributed by atoms with Crippen molar-refractivity contribution in [2.24, 2.45) is 29.4 Å². The number of amides is 2. The molecular formula is C21H35N3O2. The molecule has 0 aromatic rings. The molecule has 0 aromatic heterocycles. The van der Waals surface area contributed by atoms with Crippen LogP contribution >= 0.6 is 0 Å². The molecule has 3 N–H and O–H groups in total. The van der Waals surface area contributed by atoms with Crippen molar-refractivity contribution in [1.29, 1.82) is 0 Å². The third-order valence-corrected chi connectivity index (χ3v) is 7.58. The predicted molar refractivity (Wildman–Crippen MR) is 101 cm³/mol. The Hall–Kier alpha value is -1.10. The highest BCUT2D eigenvalue weighted by molar-refractivity contribution is 5.81. The number of rotatable bonds is 3. The van der Waals surface area contributed by atoms with Crippen molar-refractivity contribution in [3.8, 4) is 0 Å². The van der Waals surface area contributed by atoms with E-state index in [4.69, 9.17) is 5.73 Å². The van der Waals surface area contributed by atoms with Crippen molar-refractivity contribution in [2.45, 2.75) is 82.7 Å². The quantitative estimate of drug-likeness (QED) is 0.811. The Kier molecular flexibility index (Phi) is 5.53. The Bertz CT molecular complexity index is 517. The van der Waals surface area contributed by atoms with Gasteiger partial charge in [0.25, 0.3) is 0 Å². The summed E-state index contributed by atoms with van der Waals surface area (Å²) < 4.78 is 0. The van der Waals surface area contributed by atoms with Gasteiger partial charge in [-0.3, -0.25) is 9.59 Å². The molecule has 4 aliphatic rings. The van der Waals surface area contributed by atoms with Crippen LogP contribution in [-0.4, -0.2) is 41.9 Å². The number of carbonyl (C=O) groups is 2. The summed E-state index contributed by atoms with van der Waals surface area (Å²) in [6.07, 6.45) is 12.2. The summed E-state index contributed by atoms with van der Waals surface area (Å²) >= 11 is 0. The minimum absolute atomic E-state index is 0.133. The largest absolute Gasteiger partial charge is 0.351 e. The smallest absolute Gasteiger partial charge is 0.225 e. The van der Waals surface area contributed by atoms with Gasteiger partial charge in [-0.2, -0.15) is 0 Å². The topological polar surface area (TPSA) is 75.4 Å². The fraction of sp³-hybridized carbons (Fsp3) is 0.905. The summed E-state index contributed by atoms with van der Waals surface area (Å²) in [6, 6.07) is 0.452. The van der Waals surface area contributed by atoms with Crippen molar-refractivity contribution in [1.82, 2.24) is 10.2 Å². The van der Waals surface area contributed by atoms with Crippen molar-refractivity contribution in [2.75, 3.05) is 13.1 Å². The van der Waals surface area contributed by atoms with Gasteiger partial charge >= 0.3 is 0 Å². The van der Waals surface area contributed by atoms with Crippen LogP contribution in [0.4, 0.5) is 0 Å². The van der Waals surface area contributed by atoms with E-state index >= 15 is 0 Å². The second kappa shape index (κ2) is 7.87. The number of hydrogen-bond donors (Lipinski definition) is 2. The predicted octanol–water partition coefficient (Wildman–Crippen LogP) is 2.44. The SMILES string of the molecule is NC1C2CCCC1CC(C(=O)NC1CCN(C(=O)C3CCCCC3)C1)C2. The van der Waals surface area contributed by atoms with Crippen LogP contribution in [0.25, 0.3) is 0 Å². The number of carbonyl (C=O) groups excluding carboxylic acids is 2. The Labute approximate surface area is 157 Å². The van der Waals surface area contributed by atoms with Gasteiger partial charge in [0.2, 0.25) is 11.8 Å². The lowest BCUT2D eigenvalue weighted by Gasteiger charge is -2.43. The van der Waals surface area contributed by atoms with Crippen LogP contribution < -0.4 is 11.1 Å². The van der Waals surface area contributed by atoms with Gasteiger partial charge in [-0.15, -0.1) is 0 Å². The minimum atomic E-state index is 0.133. The lowest BCUT2D eigenvalue weighted by Crippen LogP contribution is -2.50. The van der Waals surface area contributed by atoms with Gasteiger partial charge in [0.05, 0.1) is 0 Å². The summed E-state index contributed by atoms with van der Waals surface area (Å²) in [4.78, 5) is 27.5. The van der Waals surface area contributed by atoms with E-state index in [1.165, 1.54) is 38.5 Å². The van der Waals surface area contributed by atoms with Gasteiger partial charge in [-0.1, -0.05) is 25.7 Å². The van der Waals surface area contributed by atoms with Crippen LogP contribution in [0.1, 0.15) is 70.6 Å². The lowest BCUT2D eigenvalue weighted by atomic mass is 9.65. The number of nitrogens with one attached hydrogen (secondary N) is 1. The molecule has 3 aliphatic carbocycles. The van der Waals surface area contributed by atoms with Crippen LogP contribution in [0.2, 0.25) is 0 Å². The molecule has 2 amide bonds. The first-order chi connectivity index (χ1) is 12.6. The van der Waals surface area contributed by atoms with Gasteiger partial charge in [-0.25, -0.2) is 0 Å². The number of nitrogens with zero attached hydrogens (tertiary/aromatic N) is 1. The van der Waals surface area contributed by atoms with Crippen molar-refractivity contribution >= 4 is 11.8 Å². The first-order valence-corrected chi connectivity index (χ1v) is 11.0. The maximum atomic E-state index is 12.8. The van der Waals surface area contributed by atoms with Crippen LogP contribution in [-0.2, 0) is 9.59 Å². The van der Waals surface area contributed by atoms with Crippen LogP contribution in [0.5, 0.6) is 0 Å². The Morgan fingerprint density at radius 2 is 1.54 bits per heavy atom. The standard InChI is InChI=1S/C21H35N3O2/c22-19-15-7-4-8-16(19)12-17(11-15)20(25)23-18-9-10-24(13-18)21(26)14-5-2-1-3-6-14/h14-19H,1-13,22H2,(H,23,25). The highest BCUT2D eigenvalue weighted by atomic mass is 16.2. The number of fused-ring (bicyclic) bond motifs is 2. The van der Waals surface area contributed by atoms with E-state index < -0.39 is 0 Å². The monoisotopic (exact) mass is 361 g/mol. The first kappa shape index (κ1) is 18.3. The van der Waals surface area contributed by atoms with Crippen molar-refractivity contribution < 1.29 is 9.59 Å². The third-order valence-electron chi connectivity index (χ3n) is 7.58. The Balaban J connectivity index is 1.27.